The van der Waals surface area contributed by atoms with E-state index in [0.717, 1.165) is 15.9 Å². The van der Waals surface area contributed by atoms with Crippen LogP contribution in [0.3, 0.4) is 0 Å². The molecule has 1 amide bonds. The Kier molecular flexibility index (Phi) is 3.77. The van der Waals surface area contributed by atoms with Crippen molar-refractivity contribution in [1.29, 1.82) is 5.41 Å². The smallest absolute Gasteiger partial charge is 0.262 e. The topological polar surface area (TPSA) is 88.1 Å². The summed E-state index contributed by atoms with van der Waals surface area (Å²) in [4.78, 5) is 21.6. The van der Waals surface area contributed by atoms with Gasteiger partial charge in [0.15, 0.2) is 16.3 Å². The van der Waals surface area contributed by atoms with Crippen molar-refractivity contribution in [2.75, 3.05) is 5.32 Å². The fourth-order valence-electron chi connectivity index (χ4n) is 3.05. The molecule has 28 heavy (non-hydrogen) atoms. The van der Waals surface area contributed by atoms with Crippen LogP contribution in [0.15, 0.2) is 73.1 Å². The fraction of sp³-hybridized carbons (Fsp3) is 0. The third-order valence-corrected chi connectivity index (χ3v) is 5.32. The van der Waals surface area contributed by atoms with E-state index in [1.54, 1.807) is 15.3 Å². The first kappa shape index (κ1) is 16.4. The molecular weight excluding hydrogens is 372 g/mol. The third kappa shape index (κ3) is 2.67. The maximum absolute atomic E-state index is 12.8. The van der Waals surface area contributed by atoms with Crippen LogP contribution < -0.4 is 10.8 Å². The fourth-order valence-corrected chi connectivity index (χ4v) is 3.91. The van der Waals surface area contributed by atoms with Gasteiger partial charge in [-0.1, -0.05) is 41.7 Å². The quantitative estimate of drug-likeness (QED) is 0.498. The molecular formula is C20H14N6OS. The van der Waals surface area contributed by atoms with E-state index in [9.17, 15) is 4.79 Å². The Balaban J connectivity index is 1.56. The minimum absolute atomic E-state index is 0.0532. The van der Waals surface area contributed by atoms with E-state index in [0.29, 0.717) is 10.8 Å². The lowest BCUT2D eigenvalue weighted by Crippen LogP contribution is -2.29. The zero-order valence-corrected chi connectivity index (χ0v) is 15.4. The van der Waals surface area contributed by atoms with Crippen molar-refractivity contribution < 1.29 is 4.79 Å². The van der Waals surface area contributed by atoms with Crippen LogP contribution in [0.5, 0.6) is 0 Å². The van der Waals surface area contributed by atoms with Gasteiger partial charge in [0.1, 0.15) is 5.56 Å². The van der Waals surface area contributed by atoms with Crippen LogP contribution in [0.25, 0.3) is 21.6 Å². The van der Waals surface area contributed by atoms with Crippen molar-refractivity contribution in [3.8, 4) is 5.69 Å². The van der Waals surface area contributed by atoms with Crippen molar-refractivity contribution >= 4 is 38.2 Å². The summed E-state index contributed by atoms with van der Waals surface area (Å²) in [5, 5.41) is 11.9. The highest BCUT2D eigenvalue weighted by Gasteiger charge is 2.15. The first-order chi connectivity index (χ1) is 13.7. The summed E-state index contributed by atoms with van der Waals surface area (Å²) in [6, 6.07) is 19.1. The Labute approximate surface area is 163 Å². The molecule has 7 nitrogen and oxygen atoms in total. The van der Waals surface area contributed by atoms with E-state index in [-0.39, 0.29) is 11.1 Å². The number of nitrogens with zero attached hydrogens (tertiary/aromatic N) is 4. The summed E-state index contributed by atoms with van der Waals surface area (Å²) in [7, 11) is 0. The van der Waals surface area contributed by atoms with Crippen molar-refractivity contribution in [3.63, 3.8) is 0 Å². The van der Waals surface area contributed by atoms with Gasteiger partial charge in [-0.3, -0.25) is 20.2 Å². The van der Waals surface area contributed by atoms with Crippen molar-refractivity contribution in [2.45, 2.75) is 0 Å². The van der Waals surface area contributed by atoms with Gasteiger partial charge in [-0.2, -0.15) is 0 Å². The minimum Gasteiger partial charge on any atom is -0.298 e. The largest absolute Gasteiger partial charge is 0.298 e. The number of anilines is 1. The molecule has 0 unspecified atom stereocenters. The molecule has 3 aromatic heterocycles. The molecule has 0 fully saturated rings. The average molecular weight is 386 g/mol. The Morgan fingerprint density at radius 2 is 1.82 bits per heavy atom. The number of fused-ring (bicyclic) bond motifs is 2. The Morgan fingerprint density at radius 3 is 2.64 bits per heavy atom. The van der Waals surface area contributed by atoms with Gasteiger partial charge in [0.25, 0.3) is 5.91 Å². The van der Waals surface area contributed by atoms with Gasteiger partial charge in [-0.05, 0) is 24.3 Å². The molecule has 0 saturated heterocycles. The number of carbonyl (C=O) groups is 1. The Bertz CT molecular complexity index is 1350. The van der Waals surface area contributed by atoms with Gasteiger partial charge in [0.2, 0.25) is 0 Å². The molecule has 3 heterocycles. The SMILES string of the molecule is N=c1c(C(=O)Nc2nc3ccccc3s2)cnc2ccn(-c3ccccc3)n12. The van der Waals surface area contributed by atoms with Gasteiger partial charge >= 0.3 is 0 Å². The zero-order chi connectivity index (χ0) is 19.1. The maximum atomic E-state index is 12.8. The second-order valence-electron chi connectivity index (χ2n) is 6.13. The van der Waals surface area contributed by atoms with Gasteiger partial charge in [-0.25, -0.2) is 14.5 Å². The van der Waals surface area contributed by atoms with Crippen molar-refractivity contribution in [2.24, 2.45) is 0 Å². The lowest BCUT2D eigenvalue weighted by atomic mass is 10.3. The summed E-state index contributed by atoms with van der Waals surface area (Å²) in [5.41, 5.74) is 2.52. The molecule has 0 radical (unpaired) electrons. The monoisotopic (exact) mass is 386 g/mol. The molecule has 8 heteroatoms. The van der Waals surface area contributed by atoms with Crippen molar-refractivity contribution in [1.82, 2.24) is 19.2 Å². The summed E-state index contributed by atoms with van der Waals surface area (Å²) in [6.07, 6.45) is 3.25. The number of hydrogen-bond donors (Lipinski definition) is 2. The summed E-state index contributed by atoms with van der Waals surface area (Å²) in [6.45, 7) is 0. The van der Waals surface area contributed by atoms with Crippen LogP contribution >= 0.6 is 11.3 Å². The molecule has 0 aliphatic rings. The molecule has 0 saturated carbocycles. The predicted molar refractivity (Wildman–Crippen MR) is 108 cm³/mol. The zero-order valence-electron chi connectivity index (χ0n) is 14.5. The van der Waals surface area contributed by atoms with Crippen LogP contribution in [-0.4, -0.2) is 25.1 Å². The number of carbonyl (C=O) groups excluding carboxylic acids is 1. The normalized spacial score (nSPS) is 11.1. The van der Waals surface area contributed by atoms with Crippen LogP contribution in [0.2, 0.25) is 0 Å². The van der Waals surface area contributed by atoms with Crippen LogP contribution in [0.4, 0.5) is 5.13 Å². The lowest BCUT2D eigenvalue weighted by Gasteiger charge is -2.09. The van der Waals surface area contributed by atoms with Gasteiger partial charge in [-0.15, -0.1) is 0 Å². The number of aromatic nitrogens is 4. The molecule has 2 aromatic carbocycles. The Hall–Kier alpha value is -3.78. The molecule has 0 atom stereocenters. The van der Waals surface area contributed by atoms with E-state index in [2.05, 4.69) is 15.3 Å². The second-order valence-corrected chi connectivity index (χ2v) is 7.16. The highest BCUT2D eigenvalue weighted by atomic mass is 32.1. The predicted octanol–water partition coefficient (Wildman–Crippen LogP) is 3.47. The highest BCUT2D eigenvalue weighted by Crippen LogP contribution is 2.25. The number of hydrogen-bond acceptors (Lipinski definition) is 5. The van der Waals surface area contributed by atoms with Crippen LogP contribution in [0.1, 0.15) is 10.4 Å². The van der Waals surface area contributed by atoms with E-state index < -0.39 is 5.91 Å². The number of thiazole rings is 1. The molecule has 5 rings (SSSR count). The number of amides is 1. The average Bonchev–Trinajstić information content (AvgIpc) is 3.32. The molecule has 5 aromatic rings. The molecule has 0 aliphatic carbocycles. The van der Waals surface area contributed by atoms with Gasteiger partial charge in [0.05, 0.1) is 15.9 Å². The lowest BCUT2D eigenvalue weighted by molar-refractivity contribution is 0.102. The molecule has 2 N–H and O–H groups in total. The van der Waals surface area contributed by atoms with Gasteiger partial charge < -0.3 is 0 Å². The standard InChI is InChI=1S/C20H14N6OS/c21-18-14(19(27)24-20-23-15-8-4-5-9-16(15)28-20)12-22-17-10-11-25(26(17)18)13-6-2-1-3-7-13/h1-12,21H,(H,23,24,27). The van der Waals surface area contributed by atoms with E-state index in [1.165, 1.54) is 17.5 Å². The molecule has 0 bridgehead atoms. The number of nitrogens with one attached hydrogen (secondary N) is 2. The number of rotatable bonds is 3. The number of para-hydroxylation sites is 2. The number of benzene rings is 2. The van der Waals surface area contributed by atoms with Crippen molar-refractivity contribution in [3.05, 3.63) is 84.1 Å². The third-order valence-electron chi connectivity index (χ3n) is 4.37. The first-order valence-corrected chi connectivity index (χ1v) is 9.39. The van der Waals surface area contributed by atoms with Crippen LogP contribution in [0, 0.1) is 5.41 Å². The van der Waals surface area contributed by atoms with Crippen LogP contribution in [-0.2, 0) is 0 Å². The van der Waals surface area contributed by atoms with Gasteiger partial charge in [0, 0.05) is 18.5 Å². The highest BCUT2D eigenvalue weighted by molar-refractivity contribution is 7.22. The molecule has 0 aliphatic heterocycles. The van der Waals surface area contributed by atoms with E-state index in [1.807, 2.05) is 60.8 Å². The maximum Gasteiger partial charge on any atom is 0.262 e. The van der Waals surface area contributed by atoms with E-state index >= 15 is 0 Å². The summed E-state index contributed by atoms with van der Waals surface area (Å²) >= 11 is 1.39. The van der Waals surface area contributed by atoms with E-state index in [4.69, 9.17) is 5.41 Å². The molecule has 136 valence electrons. The summed E-state index contributed by atoms with van der Waals surface area (Å²) < 4.78 is 4.38. The molecule has 0 spiro atoms. The summed E-state index contributed by atoms with van der Waals surface area (Å²) in [5.74, 6) is -0.410. The second kappa shape index (κ2) is 6.43. The first-order valence-electron chi connectivity index (χ1n) is 8.57. The Morgan fingerprint density at radius 1 is 1.04 bits per heavy atom. The minimum atomic E-state index is -0.410.